The van der Waals surface area contributed by atoms with Crippen LogP contribution in [0.2, 0.25) is 0 Å². The Kier molecular flexibility index (Phi) is 8.17. The lowest BCUT2D eigenvalue weighted by Crippen LogP contribution is -2.22. The van der Waals surface area contributed by atoms with E-state index in [-0.39, 0.29) is 18.4 Å². The van der Waals surface area contributed by atoms with Crippen molar-refractivity contribution in [3.05, 3.63) is 66.2 Å². The molecule has 0 bridgehead atoms. The van der Waals surface area contributed by atoms with Gasteiger partial charge in [-0.2, -0.15) is 0 Å². The van der Waals surface area contributed by atoms with Crippen LogP contribution in [0.1, 0.15) is 10.4 Å². The van der Waals surface area contributed by atoms with Crippen molar-refractivity contribution in [3.8, 4) is 23.0 Å². The number of ether oxygens (including phenoxy) is 4. The summed E-state index contributed by atoms with van der Waals surface area (Å²) >= 11 is 0. The van der Waals surface area contributed by atoms with Gasteiger partial charge in [-0.1, -0.05) is 0 Å². The molecule has 0 spiro atoms. The van der Waals surface area contributed by atoms with Crippen molar-refractivity contribution < 1.29 is 28.5 Å². The number of amides is 2. The summed E-state index contributed by atoms with van der Waals surface area (Å²) in [6.45, 7) is 0.0219. The lowest BCUT2D eigenvalue weighted by molar-refractivity contribution is -0.114. The van der Waals surface area contributed by atoms with E-state index in [1.165, 1.54) is 21.3 Å². The molecular formula is C25H27N3O6. The van der Waals surface area contributed by atoms with Crippen LogP contribution < -0.4 is 34.9 Å². The topological polar surface area (TPSA) is 107 Å². The Morgan fingerprint density at radius 2 is 1.26 bits per heavy atom. The summed E-state index contributed by atoms with van der Waals surface area (Å²) < 4.78 is 21.0. The van der Waals surface area contributed by atoms with E-state index in [2.05, 4.69) is 16.0 Å². The highest BCUT2D eigenvalue weighted by Crippen LogP contribution is 2.39. The van der Waals surface area contributed by atoms with E-state index in [1.54, 1.807) is 67.8 Å². The largest absolute Gasteiger partial charge is 0.497 e. The van der Waals surface area contributed by atoms with Crippen LogP contribution in [-0.2, 0) is 4.79 Å². The predicted octanol–water partition coefficient (Wildman–Crippen LogP) is 4.02. The fraction of sp³-hybridized carbons (Fsp3) is 0.200. The molecule has 0 aliphatic heterocycles. The molecule has 0 heterocycles. The van der Waals surface area contributed by atoms with Crippen LogP contribution in [0.5, 0.6) is 23.0 Å². The molecule has 0 saturated carbocycles. The molecular weight excluding hydrogens is 438 g/mol. The lowest BCUT2D eigenvalue weighted by atomic mass is 10.2. The molecule has 0 unspecified atom stereocenters. The van der Waals surface area contributed by atoms with Gasteiger partial charge in [0.15, 0.2) is 11.5 Å². The van der Waals surface area contributed by atoms with E-state index >= 15 is 0 Å². The molecule has 3 aromatic carbocycles. The number of rotatable bonds is 10. The zero-order chi connectivity index (χ0) is 24.5. The monoisotopic (exact) mass is 465 g/mol. The molecule has 0 aliphatic rings. The second-order valence-electron chi connectivity index (χ2n) is 7.08. The van der Waals surface area contributed by atoms with Gasteiger partial charge in [0.2, 0.25) is 11.7 Å². The minimum atomic E-state index is -0.268. The molecule has 3 rings (SSSR count). The molecule has 0 aromatic heterocycles. The highest BCUT2D eigenvalue weighted by molar-refractivity contribution is 6.04. The van der Waals surface area contributed by atoms with E-state index in [4.69, 9.17) is 18.9 Å². The number of carbonyl (C=O) groups is 2. The molecule has 0 radical (unpaired) electrons. The fourth-order valence-corrected chi connectivity index (χ4v) is 3.16. The summed E-state index contributed by atoms with van der Waals surface area (Å²) in [4.78, 5) is 24.8. The first-order valence-electron chi connectivity index (χ1n) is 10.4. The maximum absolute atomic E-state index is 12.4. The highest BCUT2D eigenvalue weighted by atomic mass is 16.5. The van der Waals surface area contributed by atoms with Gasteiger partial charge in [-0.25, -0.2) is 0 Å². The maximum atomic E-state index is 12.4. The summed E-state index contributed by atoms with van der Waals surface area (Å²) in [5.74, 6) is 1.52. The summed E-state index contributed by atoms with van der Waals surface area (Å²) in [6.07, 6.45) is 0. The standard InChI is InChI=1S/C25H27N3O6/c1-31-20-11-9-18(10-12-20)28-25(30)16-5-7-17(8-6-16)26-15-23(29)27-19-13-21(32-2)24(34-4)22(14-19)33-3/h5-14,26H,15H2,1-4H3,(H,27,29)(H,28,30). The van der Waals surface area contributed by atoms with E-state index in [0.717, 1.165) is 0 Å². The van der Waals surface area contributed by atoms with Crippen LogP contribution in [0, 0.1) is 0 Å². The normalized spacial score (nSPS) is 10.1. The maximum Gasteiger partial charge on any atom is 0.255 e. The Labute approximate surface area is 198 Å². The van der Waals surface area contributed by atoms with Crippen molar-refractivity contribution >= 4 is 28.9 Å². The zero-order valence-electron chi connectivity index (χ0n) is 19.4. The Morgan fingerprint density at radius 3 is 1.79 bits per heavy atom. The Hall–Kier alpha value is -4.40. The van der Waals surface area contributed by atoms with E-state index in [0.29, 0.717) is 45.6 Å². The van der Waals surface area contributed by atoms with Gasteiger partial charge in [-0.3, -0.25) is 9.59 Å². The SMILES string of the molecule is COc1ccc(NC(=O)c2ccc(NCC(=O)Nc3cc(OC)c(OC)c(OC)c3)cc2)cc1. The average molecular weight is 466 g/mol. The molecule has 34 heavy (non-hydrogen) atoms. The minimum absolute atomic E-state index is 0.0219. The second kappa shape index (κ2) is 11.5. The van der Waals surface area contributed by atoms with E-state index in [9.17, 15) is 9.59 Å². The van der Waals surface area contributed by atoms with Gasteiger partial charge < -0.3 is 34.9 Å². The van der Waals surface area contributed by atoms with Crippen molar-refractivity contribution in [1.82, 2.24) is 0 Å². The average Bonchev–Trinajstić information content (AvgIpc) is 2.87. The molecule has 9 nitrogen and oxygen atoms in total. The van der Waals surface area contributed by atoms with Crippen LogP contribution in [-0.4, -0.2) is 46.8 Å². The number of nitrogens with one attached hydrogen (secondary N) is 3. The van der Waals surface area contributed by atoms with Crippen LogP contribution in [0.25, 0.3) is 0 Å². The predicted molar refractivity (Wildman–Crippen MR) is 131 cm³/mol. The van der Waals surface area contributed by atoms with Gasteiger partial charge in [0.25, 0.3) is 5.91 Å². The van der Waals surface area contributed by atoms with Gasteiger partial charge in [0, 0.05) is 34.8 Å². The third kappa shape index (κ3) is 6.10. The number of carbonyl (C=O) groups excluding carboxylic acids is 2. The van der Waals surface area contributed by atoms with Gasteiger partial charge in [0.1, 0.15) is 5.75 Å². The molecule has 3 N–H and O–H groups in total. The molecule has 0 saturated heterocycles. The van der Waals surface area contributed by atoms with Gasteiger partial charge >= 0.3 is 0 Å². The molecule has 2 amide bonds. The van der Waals surface area contributed by atoms with Gasteiger partial charge in [0.05, 0.1) is 35.0 Å². The zero-order valence-corrected chi connectivity index (χ0v) is 19.4. The summed E-state index contributed by atoms with van der Waals surface area (Å²) in [7, 11) is 6.10. The third-order valence-corrected chi connectivity index (χ3v) is 4.90. The van der Waals surface area contributed by atoms with Crippen molar-refractivity contribution in [2.75, 3.05) is 50.9 Å². The highest BCUT2D eigenvalue weighted by Gasteiger charge is 2.14. The smallest absolute Gasteiger partial charge is 0.255 e. The van der Waals surface area contributed by atoms with Crippen molar-refractivity contribution in [3.63, 3.8) is 0 Å². The van der Waals surface area contributed by atoms with Crippen molar-refractivity contribution in [1.29, 1.82) is 0 Å². The third-order valence-electron chi connectivity index (χ3n) is 4.90. The number of hydrogen-bond acceptors (Lipinski definition) is 7. The summed E-state index contributed by atoms with van der Waals surface area (Å²) in [5.41, 5.74) is 2.35. The van der Waals surface area contributed by atoms with Gasteiger partial charge in [-0.05, 0) is 48.5 Å². The van der Waals surface area contributed by atoms with Crippen molar-refractivity contribution in [2.24, 2.45) is 0 Å². The lowest BCUT2D eigenvalue weighted by Gasteiger charge is -2.15. The van der Waals surface area contributed by atoms with Crippen LogP contribution >= 0.6 is 0 Å². The number of anilines is 3. The van der Waals surface area contributed by atoms with E-state index < -0.39 is 0 Å². The van der Waals surface area contributed by atoms with Gasteiger partial charge in [-0.15, -0.1) is 0 Å². The summed E-state index contributed by atoms with van der Waals surface area (Å²) in [6, 6.07) is 17.2. The molecule has 0 aliphatic carbocycles. The quantitative estimate of drug-likeness (QED) is 0.415. The number of hydrogen-bond donors (Lipinski definition) is 3. The first-order valence-corrected chi connectivity index (χ1v) is 10.4. The molecule has 9 heteroatoms. The Balaban J connectivity index is 1.55. The first-order chi connectivity index (χ1) is 16.5. The molecule has 3 aromatic rings. The van der Waals surface area contributed by atoms with E-state index in [1.807, 2.05) is 0 Å². The Morgan fingerprint density at radius 1 is 0.676 bits per heavy atom. The van der Waals surface area contributed by atoms with Crippen LogP contribution in [0.15, 0.2) is 60.7 Å². The van der Waals surface area contributed by atoms with Crippen LogP contribution in [0.3, 0.4) is 0 Å². The molecule has 0 atom stereocenters. The first kappa shape index (κ1) is 24.2. The summed E-state index contributed by atoms with van der Waals surface area (Å²) in [5, 5.41) is 8.64. The van der Waals surface area contributed by atoms with Crippen molar-refractivity contribution in [2.45, 2.75) is 0 Å². The molecule has 178 valence electrons. The molecule has 0 fully saturated rings. The second-order valence-corrected chi connectivity index (χ2v) is 7.08. The number of benzene rings is 3. The Bertz CT molecular complexity index is 1110. The van der Waals surface area contributed by atoms with Crippen LogP contribution in [0.4, 0.5) is 17.1 Å². The number of methoxy groups -OCH3 is 4. The minimum Gasteiger partial charge on any atom is -0.497 e. The fourth-order valence-electron chi connectivity index (χ4n) is 3.16.